The third-order valence-corrected chi connectivity index (χ3v) is 3.18. The van der Waals surface area contributed by atoms with Crippen LogP contribution in [0, 0.1) is 9.39 Å². The average Bonchev–Trinajstić information content (AvgIpc) is 2.73. The first kappa shape index (κ1) is 12.9. The lowest BCUT2D eigenvalue weighted by molar-refractivity contribution is 0.0683. The molecule has 1 heterocycles. The van der Waals surface area contributed by atoms with Crippen LogP contribution in [-0.4, -0.2) is 25.8 Å². The largest absolute Gasteiger partial charge is 0.475 e. The molecule has 94 valence electrons. The first-order valence-corrected chi connectivity index (χ1v) is 6.25. The molecule has 0 bridgehead atoms. The molecule has 0 aliphatic carbocycles. The molecule has 0 atom stereocenters. The van der Waals surface area contributed by atoms with E-state index in [1.807, 2.05) is 29.5 Å². The summed E-state index contributed by atoms with van der Waals surface area (Å²) in [6.45, 7) is 1.85. The summed E-state index contributed by atoms with van der Waals surface area (Å²) in [6.07, 6.45) is 0.535. The molecule has 0 fully saturated rings. The topological polar surface area (TPSA) is 68.0 Å². The Morgan fingerprint density at radius 1 is 1.56 bits per heavy atom. The molecule has 2 rings (SSSR count). The fraction of sp³-hybridized carbons (Fsp3) is 0.182. The van der Waals surface area contributed by atoms with E-state index in [1.165, 1.54) is 16.8 Å². The van der Waals surface area contributed by atoms with Crippen LogP contribution >= 0.6 is 22.6 Å². The summed E-state index contributed by atoms with van der Waals surface area (Å²) in [5, 5.41) is 12.8. The van der Waals surface area contributed by atoms with E-state index >= 15 is 0 Å². The molecule has 1 aromatic heterocycles. The molecule has 0 amide bonds. The van der Waals surface area contributed by atoms with Crippen molar-refractivity contribution in [2.75, 3.05) is 0 Å². The van der Waals surface area contributed by atoms with E-state index in [2.05, 4.69) is 10.1 Å². The van der Waals surface area contributed by atoms with Gasteiger partial charge in [0.1, 0.15) is 11.6 Å². The molecule has 2 aromatic rings. The van der Waals surface area contributed by atoms with Crippen LogP contribution in [0.15, 0.2) is 18.2 Å². The summed E-state index contributed by atoms with van der Waals surface area (Å²) >= 11 is 1.97. The summed E-state index contributed by atoms with van der Waals surface area (Å²) in [6, 6.07) is 4.22. The van der Waals surface area contributed by atoms with Crippen LogP contribution < -0.4 is 0 Å². The molecule has 0 saturated heterocycles. The Labute approximate surface area is 116 Å². The van der Waals surface area contributed by atoms with Gasteiger partial charge in [-0.3, -0.25) is 0 Å². The highest BCUT2D eigenvalue weighted by Crippen LogP contribution is 2.19. The van der Waals surface area contributed by atoms with Crippen LogP contribution in [0.3, 0.4) is 0 Å². The van der Waals surface area contributed by atoms with Crippen molar-refractivity contribution in [1.82, 2.24) is 14.8 Å². The Morgan fingerprint density at radius 3 is 2.83 bits per heavy atom. The molecule has 0 spiro atoms. The predicted molar refractivity (Wildman–Crippen MR) is 70.4 cm³/mol. The minimum atomic E-state index is -1.18. The lowest BCUT2D eigenvalue weighted by atomic mass is 10.3. The number of aromatic nitrogens is 3. The second-order valence-corrected chi connectivity index (χ2v) is 4.68. The number of rotatable bonds is 3. The van der Waals surface area contributed by atoms with E-state index in [9.17, 15) is 9.18 Å². The van der Waals surface area contributed by atoms with Gasteiger partial charge in [0.2, 0.25) is 0 Å². The zero-order valence-electron chi connectivity index (χ0n) is 9.39. The molecule has 5 nitrogen and oxygen atoms in total. The third-order valence-electron chi connectivity index (χ3n) is 2.32. The number of carboxylic acids is 1. The van der Waals surface area contributed by atoms with Crippen molar-refractivity contribution in [3.63, 3.8) is 0 Å². The van der Waals surface area contributed by atoms with Gasteiger partial charge in [-0.15, -0.1) is 5.10 Å². The van der Waals surface area contributed by atoms with Gasteiger partial charge >= 0.3 is 5.97 Å². The fourth-order valence-corrected chi connectivity index (χ4v) is 2.22. The van der Waals surface area contributed by atoms with Crippen molar-refractivity contribution in [3.8, 4) is 5.69 Å². The van der Waals surface area contributed by atoms with Crippen molar-refractivity contribution in [3.05, 3.63) is 39.2 Å². The number of nitrogens with zero attached hydrogens (tertiary/aromatic N) is 3. The molecule has 18 heavy (non-hydrogen) atoms. The van der Waals surface area contributed by atoms with Gasteiger partial charge in [-0.1, -0.05) is 6.92 Å². The quantitative estimate of drug-likeness (QED) is 0.852. The maximum Gasteiger partial charge on any atom is 0.375 e. The van der Waals surface area contributed by atoms with Crippen LogP contribution in [-0.2, 0) is 6.42 Å². The Hall–Kier alpha value is -1.51. The molecular weight excluding hydrogens is 352 g/mol. The zero-order chi connectivity index (χ0) is 13.3. The van der Waals surface area contributed by atoms with E-state index in [0.29, 0.717) is 21.5 Å². The van der Waals surface area contributed by atoms with Crippen LogP contribution in [0.25, 0.3) is 5.69 Å². The van der Waals surface area contributed by atoms with E-state index in [0.717, 1.165) is 0 Å². The molecular formula is C11H9FIN3O2. The number of aryl methyl sites for hydroxylation is 1. The second-order valence-electron chi connectivity index (χ2n) is 3.52. The minimum Gasteiger partial charge on any atom is -0.475 e. The highest BCUT2D eigenvalue weighted by Gasteiger charge is 2.16. The molecule has 0 radical (unpaired) electrons. The normalized spacial score (nSPS) is 10.6. The number of hydrogen-bond donors (Lipinski definition) is 1. The van der Waals surface area contributed by atoms with Crippen molar-refractivity contribution < 1.29 is 14.3 Å². The van der Waals surface area contributed by atoms with Crippen molar-refractivity contribution in [1.29, 1.82) is 0 Å². The van der Waals surface area contributed by atoms with Gasteiger partial charge in [0.25, 0.3) is 5.82 Å². The van der Waals surface area contributed by atoms with Crippen LogP contribution in [0.5, 0.6) is 0 Å². The minimum absolute atomic E-state index is 0.257. The fourth-order valence-electron chi connectivity index (χ4n) is 1.51. The molecule has 0 saturated carbocycles. The van der Waals surface area contributed by atoms with E-state index in [4.69, 9.17) is 5.11 Å². The van der Waals surface area contributed by atoms with Crippen molar-refractivity contribution in [2.24, 2.45) is 0 Å². The first-order chi connectivity index (χ1) is 8.52. The highest BCUT2D eigenvalue weighted by molar-refractivity contribution is 14.1. The van der Waals surface area contributed by atoms with Gasteiger partial charge in [0, 0.05) is 9.99 Å². The summed E-state index contributed by atoms with van der Waals surface area (Å²) in [5.41, 5.74) is 0.619. The number of hydrogen-bond acceptors (Lipinski definition) is 3. The number of halogens is 2. The summed E-state index contributed by atoms with van der Waals surface area (Å²) in [7, 11) is 0. The van der Waals surface area contributed by atoms with Gasteiger partial charge < -0.3 is 5.11 Å². The second kappa shape index (κ2) is 5.01. The zero-order valence-corrected chi connectivity index (χ0v) is 11.5. The lowest BCUT2D eigenvalue weighted by Crippen LogP contribution is -2.05. The Morgan fingerprint density at radius 2 is 2.28 bits per heavy atom. The lowest BCUT2D eigenvalue weighted by Gasteiger charge is -2.06. The average molecular weight is 361 g/mol. The number of aromatic carboxylic acids is 1. The standard InChI is InChI=1S/C11H9FIN3O2/c1-2-9-14-10(11(17)18)15-16(9)8-4-3-6(12)5-7(8)13/h3-5H,2H2,1H3,(H,17,18). The summed E-state index contributed by atoms with van der Waals surface area (Å²) < 4.78 is 15.1. The molecule has 1 N–H and O–H groups in total. The van der Waals surface area contributed by atoms with Crippen LogP contribution in [0.2, 0.25) is 0 Å². The van der Waals surface area contributed by atoms with E-state index < -0.39 is 5.97 Å². The molecule has 0 unspecified atom stereocenters. The van der Waals surface area contributed by atoms with Gasteiger partial charge in [-0.05, 0) is 40.8 Å². The Bertz CT molecular complexity index is 612. The maximum absolute atomic E-state index is 13.0. The molecule has 0 aliphatic rings. The van der Waals surface area contributed by atoms with Gasteiger partial charge in [0.05, 0.1) is 5.69 Å². The van der Waals surface area contributed by atoms with Gasteiger partial charge in [-0.25, -0.2) is 18.9 Å². The van der Waals surface area contributed by atoms with Crippen LogP contribution in [0.1, 0.15) is 23.4 Å². The van der Waals surface area contributed by atoms with Crippen LogP contribution in [0.4, 0.5) is 4.39 Å². The Balaban J connectivity index is 2.58. The van der Waals surface area contributed by atoms with E-state index in [1.54, 1.807) is 6.07 Å². The van der Waals surface area contributed by atoms with Gasteiger partial charge in [-0.2, -0.15) is 0 Å². The SMILES string of the molecule is CCc1nc(C(=O)O)nn1-c1ccc(F)cc1I. The molecule has 1 aromatic carbocycles. The number of carboxylic acid groups (broad SMARTS) is 1. The summed E-state index contributed by atoms with van der Waals surface area (Å²) in [4.78, 5) is 14.8. The monoisotopic (exact) mass is 361 g/mol. The Kier molecular flexibility index (Phi) is 3.60. The smallest absolute Gasteiger partial charge is 0.375 e. The van der Waals surface area contributed by atoms with Crippen molar-refractivity contribution >= 4 is 28.6 Å². The number of carbonyl (C=O) groups is 1. The highest BCUT2D eigenvalue weighted by atomic mass is 127. The third kappa shape index (κ3) is 2.35. The summed E-state index contributed by atoms with van der Waals surface area (Å²) in [5.74, 6) is -1.26. The van der Waals surface area contributed by atoms with Gasteiger partial charge in [0.15, 0.2) is 0 Å². The maximum atomic E-state index is 13.0. The number of benzene rings is 1. The van der Waals surface area contributed by atoms with E-state index in [-0.39, 0.29) is 11.6 Å². The predicted octanol–water partition coefficient (Wildman–Crippen LogP) is 2.27. The first-order valence-electron chi connectivity index (χ1n) is 5.17. The van der Waals surface area contributed by atoms with Crippen molar-refractivity contribution in [2.45, 2.75) is 13.3 Å². The molecule has 0 aliphatic heterocycles. The molecule has 7 heteroatoms.